The number of hydrogen-bond donors (Lipinski definition) is 3. The second-order valence-electron chi connectivity index (χ2n) is 6.00. The van der Waals surface area contributed by atoms with Crippen molar-refractivity contribution in [2.24, 2.45) is 0 Å². The number of aromatic nitrogens is 3. The molecule has 0 spiro atoms. The Hall–Kier alpha value is -2.49. The lowest BCUT2D eigenvalue weighted by molar-refractivity contribution is 0.178. The predicted molar refractivity (Wildman–Crippen MR) is 102 cm³/mol. The summed E-state index contributed by atoms with van der Waals surface area (Å²) >= 11 is 1.57. The fraction of sp³-hybridized carbons (Fsp3) is 0.312. The maximum Gasteiger partial charge on any atom is 0.189 e. The van der Waals surface area contributed by atoms with Crippen LogP contribution in [0.4, 0.5) is 22.5 Å². The number of hydrazine groups is 1. The molecule has 0 atom stereocenters. The van der Waals surface area contributed by atoms with Gasteiger partial charge in [0.15, 0.2) is 16.8 Å². The number of para-hydroxylation sites is 1. The lowest BCUT2D eigenvalue weighted by Crippen LogP contribution is -2.47. The van der Waals surface area contributed by atoms with Crippen molar-refractivity contribution in [3.63, 3.8) is 0 Å². The first kappa shape index (κ1) is 16.0. The third kappa shape index (κ3) is 3.48. The molecule has 1 aliphatic rings. The number of rotatable bonds is 4. The molecule has 4 rings (SSSR count). The number of nitrogens with zero attached hydrogens (tertiary/aromatic N) is 5. The van der Waals surface area contributed by atoms with Gasteiger partial charge in [-0.25, -0.2) is 20.0 Å². The molecule has 0 unspecified atom stereocenters. The zero-order valence-corrected chi connectivity index (χ0v) is 14.8. The standard InChI is InChI=1S/C16H20N8S/c1-23-6-8-24(9-7-23)22-15-13(17)14(18-10-19-15)21-16-20-11-4-2-3-5-12(11)25-16/h2-5,10H,6-9,17H2,1H3,(H2,18,19,20,21,22). The predicted octanol–water partition coefficient (Wildman–Crippen LogP) is 1.99. The molecule has 1 aromatic carbocycles. The molecule has 130 valence electrons. The zero-order valence-electron chi connectivity index (χ0n) is 13.9. The summed E-state index contributed by atoms with van der Waals surface area (Å²) in [5.74, 6) is 1.17. The molecule has 25 heavy (non-hydrogen) atoms. The van der Waals surface area contributed by atoms with Crippen LogP contribution < -0.4 is 16.5 Å². The van der Waals surface area contributed by atoms with Crippen LogP contribution >= 0.6 is 11.3 Å². The van der Waals surface area contributed by atoms with Gasteiger partial charge in [0.2, 0.25) is 0 Å². The van der Waals surface area contributed by atoms with E-state index < -0.39 is 0 Å². The summed E-state index contributed by atoms with van der Waals surface area (Å²) in [4.78, 5) is 15.4. The Morgan fingerprint density at radius 2 is 1.84 bits per heavy atom. The summed E-state index contributed by atoms with van der Waals surface area (Å²) in [6.07, 6.45) is 1.50. The second kappa shape index (κ2) is 6.79. The van der Waals surface area contributed by atoms with Crippen LogP contribution in [-0.4, -0.2) is 58.1 Å². The highest BCUT2D eigenvalue weighted by Gasteiger charge is 2.17. The normalized spacial score (nSPS) is 16.2. The minimum absolute atomic E-state index is 0.487. The Bertz CT molecular complexity index is 838. The molecule has 1 fully saturated rings. The minimum atomic E-state index is 0.487. The average molecular weight is 356 g/mol. The lowest BCUT2D eigenvalue weighted by Gasteiger charge is -2.32. The monoisotopic (exact) mass is 356 g/mol. The number of thiazole rings is 1. The largest absolute Gasteiger partial charge is 0.393 e. The summed E-state index contributed by atoms with van der Waals surface area (Å²) in [5, 5.41) is 6.10. The molecule has 0 saturated carbocycles. The first-order chi connectivity index (χ1) is 12.2. The quantitative estimate of drug-likeness (QED) is 0.653. The summed E-state index contributed by atoms with van der Waals surface area (Å²) in [6.45, 7) is 3.85. The fourth-order valence-electron chi connectivity index (χ4n) is 2.68. The van der Waals surface area contributed by atoms with E-state index in [9.17, 15) is 0 Å². The number of hydrogen-bond acceptors (Lipinski definition) is 9. The highest BCUT2D eigenvalue weighted by atomic mass is 32.1. The third-order valence-corrected chi connectivity index (χ3v) is 5.12. The second-order valence-corrected chi connectivity index (χ2v) is 7.03. The van der Waals surface area contributed by atoms with Crippen LogP contribution in [0.5, 0.6) is 0 Å². The Morgan fingerprint density at radius 1 is 1.08 bits per heavy atom. The summed E-state index contributed by atoms with van der Waals surface area (Å²) < 4.78 is 1.12. The molecule has 0 bridgehead atoms. The number of nitrogens with one attached hydrogen (secondary N) is 2. The average Bonchev–Trinajstić information content (AvgIpc) is 3.03. The third-order valence-electron chi connectivity index (χ3n) is 4.17. The first-order valence-corrected chi connectivity index (χ1v) is 8.94. The molecule has 3 heterocycles. The number of nitrogen functional groups attached to an aromatic ring is 1. The number of nitrogens with two attached hydrogens (primary N) is 1. The van der Waals surface area contributed by atoms with E-state index in [1.54, 1.807) is 11.3 Å². The van der Waals surface area contributed by atoms with Gasteiger partial charge >= 0.3 is 0 Å². The van der Waals surface area contributed by atoms with Crippen LogP contribution in [0.3, 0.4) is 0 Å². The molecule has 0 radical (unpaired) electrons. The van der Waals surface area contributed by atoms with E-state index in [2.05, 4.69) is 42.7 Å². The van der Waals surface area contributed by atoms with Crippen LogP contribution in [-0.2, 0) is 0 Å². The van der Waals surface area contributed by atoms with Crippen LogP contribution in [0, 0.1) is 0 Å². The molecule has 0 aliphatic carbocycles. The van der Waals surface area contributed by atoms with Crippen molar-refractivity contribution in [1.29, 1.82) is 0 Å². The number of anilines is 4. The van der Waals surface area contributed by atoms with Crippen LogP contribution in [0.2, 0.25) is 0 Å². The highest BCUT2D eigenvalue weighted by molar-refractivity contribution is 7.22. The Labute approximate surface area is 149 Å². The van der Waals surface area contributed by atoms with Gasteiger partial charge in [0.1, 0.15) is 12.0 Å². The fourth-order valence-corrected chi connectivity index (χ4v) is 3.54. The minimum Gasteiger partial charge on any atom is -0.393 e. The molecule has 2 aromatic heterocycles. The van der Waals surface area contributed by atoms with Crippen molar-refractivity contribution in [2.75, 3.05) is 49.7 Å². The van der Waals surface area contributed by atoms with Crippen LogP contribution in [0.1, 0.15) is 0 Å². The van der Waals surface area contributed by atoms with Gasteiger partial charge in [-0.2, -0.15) is 0 Å². The van der Waals surface area contributed by atoms with Crippen molar-refractivity contribution in [3.8, 4) is 0 Å². The molecular weight excluding hydrogens is 336 g/mol. The Morgan fingerprint density at radius 3 is 2.64 bits per heavy atom. The molecule has 4 N–H and O–H groups in total. The van der Waals surface area contributed by atoms with E-state index in [0.717, 1.165) is 41.5 Å². The van der Waals surface area contributed by atoms with Gasteiger partial charge in [-0.15, -0.1) is 0 Å². The SMILES string of the molecule is CN1CCN(Nc2ncnc(Nc3nc4ccccc4s3)c2N)CC1. The van der Waals surface area contributed by atoms with Crippen LogP contribution in [0.15, 0.2) is 30.6 Å². The zero-order chi connectivity index (χ0) is 17.2. The number of benzene rings is 1. The van der Waals surface area contributed by atoms with Crippen molar-refractivity contribution in [1.82, 2.24) is 24.9 Å². The van der Waals surface area contributed by atoms with Gasteiger partial charge in [-0.1, -0.05) is 23.5 Å². The van der Waals surface area contributed by atoms with Gasteiger partial charge in [-0.3, -0.25) is 0 Å². The number of likely N-dealkylation sites (N-methyl/N-ethyl adjacent to an activating group) is 1. The Kier molecular flexibility index (Phi) is 4.35. The van der Waals surface area contributed by atoms with E-state index >= 15 is 0 Å². The van der Waals surface area contributed by atoms with E-state index in [4.69, 9.17) is 5.73 Å². The van der Waals surface area contributed by atoms with E-state index in [1.165, 1.54) is 6.33 Å². The van der Waals surface area contributed by atoms with Gasteiger partial charge in [-0.05, 0) is 19.2 Å². The van der Waals surface area contributed by atoms with Gasteiger partial charge in [0.25, 0.3) is 0 Å². The molecule has 1 aliphatic heterocycles. The van der Waals surface area contributed by atoms with Crippen molar-refractivity contribution < 1.29 is 0 Å². The first-order valence-electron chi connectivity index (χ1n) is 8.12. The van der Waals surface area contributed by atoms with Crippen molar-refractivity contribution in [3.05, 3.63) is 30.6 Å². The molecular formula is C16H20N8S. The molecule has 8 nitrogen and oxygen atoms in total. The number of piperazine rings is 1. The van der Waals surface area contributed by atoms with Crippen molar-refractivity contribution >= 4 is 44.0 Å². The van der Waals surface area contributed by atoms with Crippen molar-refractivity contribution in [2.45, 2.75) is 0 Å². The van der Waals surface area contributed by atoms with E-state index in [1.807, 2.05) is 24.3 Å². The highest BCUT2D eigenvalue weighted by Crippen LogP contribution is 2.31. The van der Waals surface area contributed by atoms with E-state index in [-0.39, 0.29) is 0 Å². The van der Waals surface area contributed by atoms with Gasteiger partial charge < -0.3 is 21.4 Å². The maximum absolute atomic E-state index is 6.26. The van der Waals surface area contributed by atoms with Gasteiger partial charge in [0, 0.05) is 26.2 Å². The summed E-state index contributed by atoms with van der Waals surface area (Å²) in [6, 6.07) is 8.01. The molecule has 1 saturated heterocycles. The number of fused-ring (bicyclic) bond motifs is 1. The Balaban J connectivity index is 1.52. The lowest BCUT2D eigenvalue weighted by atomic mass is 10.3. The maximum atomic E-state index is 6.26. The topological polar surface area (TPSA) is 95.2 Å². The molecule has 9 heteroatoms. The molecule has 3 aromatic rings. The summed E-state index contributed by atoms with van der Waals surface area (Å²) in [5.41, 5.74) is 11.0. The van der Waals surface area contributed by atoms with Gasteiger partial charge in [0.05, 0.1) is 10.2 Å². The smallest absolute Gasteiger partial charge is 0.189 e. The molecule has 0 amide bonds. The van der Waals surface area contributed by atoms with Crippen LogP contribution in [0.25, 0.3) is 10.2 Å². The summed E-state index contributed by atoms with van der Waals surface area (Å²) in [7, 11) is 2.12. The van der Waals surface area contributed by atoms with E-state index in [0.29, 0.717) is 17.3 Å².